The Bertz CT molecular complexity index is 602. The lowest BCUT2D eigenvalue weighted by atomic mass is 9.80. The third-order valence-corrected chi connectivity index (χ3v) is 4.75. The lowest BCUT2D eigenvalue weighted by Gasteiger charge is -2.27. The average molecular weight is 307 g/mol. The molecule has 2 aromatic heterocycles. The van der Waals surface area contributed by atoms with Gasteiger partial charge in [0.2, 0.25) is 5.82 Å². The van der Waals surface area contributed by atoms with Crippen LogP contribution >= 0.6 is 11.3 Å². The molecule has 3 rings (SSSR count). The minimum absolute atomic E-state index is 0.308. The van der Waals surface area contributed by atoms with Gasteiger partial charge in [-0.2, -0.15) is 0 Å². The minimum Gasteiger partial charge on any atom is -0.481 e. The van der Waals surface area contributed by atoms with Gasteiger partial charge in [-0.3, -0.25) is 4.79 Å². The van der Waals surface area contributed by atoms with Gasteiger partial charge in [-0.1, -0.05) is 25.7 Å². The highest BCUT2D eigenvalue weighted by molar-refractivity contribution is 7.07. The summed E-state index contributed by atoms with van der Waals surface area (Å²) in [5.74, 6) is -0.203. The Morgan fingerprint density at radius 3 is 2.71 bits per heavy atom. The van der Waals surface area contributed by atoms with E-state index in [0.29, 0.717) is 30.9 Å². The zero-order chi connectivity index (χ0) is 14.7. The van der Waals surface area contributed by atoms with Crippen molar-refractivity contribution in [3.8, 4) is 11.5 Å². The van der Waals surface area contributed by atoms with Crippen LogP contribution in [0.3, 0.4) is 0 Å². The molecule has 1 saturated carbocycles. The summed E-state index contributed by atoms with van der Waals surface area (Å²) >= 11 is 1.47. The SMILES string of the molecule is O=C(O)C1(Cn2nnnc2-c2cscn2)CCCCCC1. The number of carboxylic acids is 1. The number of carboxylic acid groups (broad SMARTS) is 1. The monoisotopic (exact) mass is 307 g/mol. The normalized spacial score (nSPS) is 18.3. The lowest BCUT2D eigenvalue weighted by molar-refractivity contribution is -0.151. The minimum atomic E-state index is -0.767. The van der Waals surface area contributed by atoms with Gasteiger partial charge in [0, 0.05) is 5.38 Å². The largest absolute Gasteiger partial charge is 0.481 e. The van der Waals surface area contributed by atoms with Gasteiger partial charge in [-0.05, 0) is 23.3 Å². The van der Waals surface area contributed by atoms with Gasteiger partial charge in [-0.15, -0.1) is 16.4 Å². The average Bonchev–Trinajstić information content (AvgIpc) is 3.07. The van der Waals surface area contributed by atoms with Gasteiger partial charge >= 0.3 is 5.97 Å². The number of aromatic nitrogens is 5. The van der Waals surface area contributed by atoms with E-state index in [4.69, 9.17) is 0 Å². The molecule has 2 heterocycles. The molecular weight excluding hydrogens is 290 g/mol. The first kappa shape index (κ1) is 14.1. The Morgan fingerprint density at radius 2 is 2.10 bits per heavy atom. The Kier molecular flexibility index (Phi) is 3.96. The predicted molar refractivity (Wildman–Crippen MR) is 76.7 cm³/mol. The highest BCUT2D eigenvalue weighted by atomic mass is 32.1. The first-order valence-electron chi connectivity index (χ1n) is 7.09. The second-order valence-corrected chi connectivity index (χ2v) is 6.25. The fraction of sp³-hybridized carbons (Fsp3) is 0.615. The number of tetrazole rings is 1. The molecule has 1 aliphatic rings. The number of rotatable bonds is 4. The molecule has 2 aromatic rings. The third kappa shape index (κ3) is 2.80. The maximum Gasteiger partial charge on any atom is 0.311 e. The van der Waals surface area contributed by atoms with Crippen LogP contribution in [0.4, 0.5) is 0 Å². The van der Waals surface area contributed by atoms with E-state index in [1.165, 1.54) is 11.3 Å². The van der Waals surface area contributed by atoms with Crippen LogP contribution in [0.1, 0.15) is 38.5 Å². The fourth-order valence-corrected chi connectivity index (χ4v) is 3.48. The topological polar surface area (TPSA) is 93.8 Å². The molecule has 0 saturated heterocycles. The van der Waals surface area contributed by atoms with Crippen molar-refractivity contribution in [3.63, 3.8) is 0 Å². The summed E-state index contributed by atoms with van der Waals surface area (Å²) in [5, 5.41) is 23.3. The van der Waals surface area contributed by atoms with E-state index in [1.54, 1.807) is 10.2 Å². The summed E-state index contributed by atoms with van der Waals surface area (Å²) in [4.78, 5) is 16.1. The van der Waals surface area contributed by atoms with Crippen LogP contribution in [0.5, 0.6) is 0 Å². The van der Waals surface area contributed by atoms with Crippen molar-refractivity contribution >= 4 is 17.3 Å². The van der Waals surface area contributed by atoms with Crippen molar-refractivity contribution in [1.82, 2.24) is 25.2 Å². The number of carbonyl (C=O) groups is 1. The summed E-state index contributed by atoms with van der Waals surface area (Å²) in [5.41, 5.74) is 1.64. The number of nitrogens with zero attached hydrogens (tertiary/aromatic N) is 5. The molecule has 1 fully saturated rings. The van der Waals surface area contributed by atoms with E-state index in [-0.39, 0.29) is 0 Å². The Labute approximate surface area is 126 Å². The first-order chi connectivity index (χ1) is 10.2. The van der Waals surface area contributed by atoms with Crippen LogP contribution in [-0.2, 0) is 11.3 Å². The molecule has 1 N–H and O–H groups in total. The van der Waals surface area contributed by atoms with Gasteiger partial charge in [0.15, 0.2) is 0 Å². The molecule has 0 amide bonds. The molecular formula is C13H17N5O2S. The van der Waals surface area contributed by atoms with E-state index in [0.717, 1.165) is 25.7 Å². The summed E-state index contributed by atoms with van der Waals surface area (Å²) in [7, 11) is 0. The maximum atomic E-state index is 11.9. The summed E-state index contributed by atoms with van der Waals surface area (Å²) in [6.45, 7) is 0.308. The zero-order valence-electron chi connectivity index (χ0n) is 11.6. The molecule has 0 unspecified atom stereocenters. The van der Waals surface area contributed by atoms with Crippen molar-refractivity contribution < 1.29 is 9.90 Å². The number of aliphatic carboxylic acids is 1. The predicted octanol–water partition coefficient (Wildman–Crippen LogP) is 2.22. The van der Waals surface area contributed by atoms with E-state index in [9.17, 15) is 9.90 Å². The van der Waals surface area contributed by atoms with Crippen LogP contribution in [0.2, 0.25) is 0 Å². The summed E-state index contributed by atoms with van der Waals surface area (Å²) in [6, 6.07) is 0. The van der Waals surface area contributed by atoms with Crippen LogP contribution in [0.15, 0.2) is 10.9 Å². The van der Waals surface area contributed by atoms with Crippen LogP contribution in [0, 0.1) is 5.41 Å². The second-order valence-electron chi connectivity index (χ2n) is 5.53. The van der Waals surface area contributed by atoms with Crippen molar-refractivity contribution in [2.45, 2.75) is 45.1 Å². The molecule has 8 heteroatoms. The zero-order valence-corrected chi connectivity index (χ0v) is 12.4. The molecule has 0 atom stereocenters. The van der Waals surface area contributed by atoms with Gasteiger partial charge in [0.1, 0.15) is 5.69 Å². The third-order valence-electron chi connectivity index (χ3n) is 4.16. The number of hydrogen-bond acceptors (Lipinski definition) is 6. The van der Waals surface area contributed by atoms with Crippen LogP contribution < -0.4 is 0 Å². The molecule has 112 valence electrons. The maximum absolute atomic E-state index is 11.9. The molecule has 0 aromatic carbocycles. The van der Waals surface area contributed by atoms with Gasteiger partial charge in [0.25, 0.3) is 0 Å². The Hall–Kier alpha value is -1.83. The number of hydrogen-bond donors (Lipinski definition) is 1. The first-order valence-corrected chi connectivity index (χ1v) is 8.04. The second kappa shape index (κ2) is 5.88. The molecule has 1 aliphatic carbocycles. The summed E-state index contributed by atoms with van der Waals surface area (Å²) in [6.07, 6.45) is 5.45. The van der Waals surface area contributed by atoms with Crippen molar-refractivity contribution in [2.24, 2.45) is 5.41 Å². The van der Waals surface area contributed by atoms with E-state index < -0.39 is 11.4 Å². The lowest BCUT2D eigenvalue weighted by Crippen LogP contribution is -2.36. The standard InChI is InChI=1S/C13H17N5O2S/c19-12(20)13(5-3-1-2-4-6-13)8-18-11(15-16-17-18)10-7-21-9-14-10/h7,9H,1-6,8H2,(H,19,20). The molecule has 0 bridgehead atoms. The molecule has 0 radical (unpaired) electrons. The highest BCUT2D eigenvalue weighted by Gasteiger charge is 2.40. The van der Waals surface area contributed by atoms with Crippen LogP contribution in [-0.4, -0.2) is 36.3 Å². The van der Waals surface area contributed by atoms with Crippen molar-refractivity contribution in [3.05, 3.63) is 10.9 Å². The van der Waals surface area contributed by atoms with Gasteiger partial charge in [0.05, 0.1) is 17.5 Å². The van der Waals surface area contributed by atoms with E-state index in [1.807, 2.05) is 5.38 Å². The molecule has 0 aliphatic heterocycles. The highest BCUT2D eigenvalue weighted by Crippen LogP contribution is 2.37. The van der Waals surface area contributed by atoms with Gasteiger partial charge in [-0.25, -0.2) is 9.67 Å². The number of thiazole rings is 1. The van der Waals surface area contributed by atoms with Crippen molar-refractivity contribution in [2.75, 3.05) is 0 Å². The van der Waals surface area contributed by atoms with E-state index >= 15 is 0 Å². The smallest absolute Gasteiger partial charge is 0.311 e. The van der Waals surface area contributed by atoms with Crippen LogP contribution in [0.25, 0.3) is 11.5 Å². The summed E-state index contributed by atoms with van der Waals surface area (Å²) < 4.78 is 1.59. The van der Waals surface area contributed by atoms with E-state index in [2.05, 4.69) is 20.5 Å². The van der Waals surface area contributed by atoms with Crippen molar-refractivity contribution in [1.29, 1.82) is 0 Å². The Balaban J connectivity index is 1.90. The quantitative estimate of drug-likeness (QED) is 0.870. The van der Waals surface area contributed by atoms with Gasteiger partial charge < -0.3 is 5.11 Å². The molecule has 7 nitrogen and oxygen atoms in total. The molecule has 0 spiro atoms. The Morgan fingerprint density at radius 1 is 1.33 bits per heavy atom. The molecule has 21 heavy (non-hydrogen) atoms. The fourth-order valence-electron chi connectivity index (χ4n) is 2.95.